The molecule has 0 radical (unpaired) electrons. The Morgan fingerprint density at radius 3 is 1.38 bits per heavy atom. The molecule has 0 aliphatic rings. The van der Waals surface area contributed by atoms with Crippen LogP contribution in [-0.4, -0.2) is 0 Å². The van der Waals surface area contributed by atoms with Gasteiger partial charge in [0.15, 0.2) is 0 Å². The minimum absolute atomic E-state index is 0.999. The Balaban J connectivity index is 3.76. The second-order valence-corrected chi connectivity index (χ2v) is 3.03. The van der Waals surface area contributed by atoms with Gasteiger partial charge in [0.1, 0.15) is 0 Å². The third kappa shape index (κ3) is 6.18. The van der Waals surface area contributed by atoms with Crippen LogP contribution in [0.25, 0.3) is 0 Å². The van der Waals surface area contributed by atoms with Crippen molar-refractivity contribution in [1.29, 1.82) is 0 Å². The lowest BCUT2D eigenvalue weighted by Gasteiger charge is -1.82. The van der Waals surface area contributed by atoms with E-state index in [0.717, 1.165) is 9.81 Å². The van der Waals surface area contributed by atoms with Crippen LogP contribution in [-0.2, 0) is 0 Å². The molecule has 0 amide bonds. The van der Waals surface area contributed by atoms with Crippen molar-refractivity contribution >= 4 is 25.3 Å². The molecule has 0 aromatic heterocycles. The number of hydrogen-bond donors (Lipinski definition) is 2. The van der Waals surface area contributed by atoms with E-state index in [-0.39, 0.29) is 0 Å². The maximum absolute atomic E-state index is 4.06. The van der Waals surface area contributed by atoms with Crippen LogP contribution in [0.1, 0.15) is 13.8 Å². The zero-order chi connectivity index (χ0) is 6.57. The summed E-state index contributed by atoms with van der Waals surface area (Å²) in [4.78, 5) is 2.00. The Morgan fingerprint density at radius 2 is 1.25 bits per heavy atom. The Morgan fingerprint density at radius 1 is 1.00 bits per heavy atom. The third-order valence-corrected chi connectivity index (χ3v) is 0.864. The summed E-state index contributed by atoms with van der Waals surface area (Å²) in [6.07, 6.45) is 3.82. The highest BCUT2D eigenvalue weighted by atomic mass is 32.1. The van der Waals surface area contributed by atoms with Gasteiger partial charge in [0.2, 0.25) is 0 Å². The lowest BCUT2D eigenvalue weighted by Crippen LogP contribution is -1.57. The van der Waals surface area contributed by atoms with Gasteiger partial charge in [-0.25, -0.2) is 0 Å². The van der Waals surface area contributed by atoms with Crippen LogP contribution in [0.4, 0.5) is 0 Å². The first-order chi connectivity index (χ1) is 3.63. The molecule has 0 nitrogen and oxygen atoms in total. The van der Waals surface area contributed by atoms with Gasteiger partial charge in [-0.3, -0.25) is 0 Å². The number of hydrogen-bond acceptors (Lipinski definition) is 2. The van der Waals surface area contributed by atoms with Gasteiger partial charge in [0, 0.05) is 0 Å². The summed E-state index contributed by atoms with van der Waals surface area (Å²) >= 11 is 8.11. The molecule has 0 aromatic rings. The van der Waals surface area contributed by atoms with Gasteiger partial charge in [-0.15, -0.1) is 25.3 Å². The van der Waals surface area contributed by atoms with Crippen LogP contribution < -0.4 is 0 Å². The third-order valence-electron chi connectivity index (χ3n) is 0.566. The first kappa shape index (κ1) is 8.18. The molecule has 8 heavy (non-hydrogen) atoms. The second kappa shape index (κ2) is 4.10. The van der Waals surface area contributed by atoms with Gasteiger partial charge in [-0.1, -0.05) is 12.2 Å². The maximum Gasteiger partial charge on any atom is -0.0215 e. The van der Waals surface area contributed by atoms with Crippen LogP contribution in [0.5, 0.6) is 0 Å². The van der Waals surface area contributed by atoms with Crippen LogP contribution in [0.3, 0.4) is 0 Å². The monoisotopic (exact) mass is 146 g/mol. The van der Waals surface area contributed by atoms with E-state index in [1.54, 1.807) is 0 Å². The first-order valence-corrected chi connectivity index (χ1v) is 3.25. The lowest BCUT2D eigenvalue weighted by atomic mass is 10.4. The average molecular weight is 146 g/mol. The Hall–Kier alpha value is 0.180. The molecule has 2 heteroatoms. The van der Waals surface area contributed by atoms with E-state index in [1.165, 1.54) is 0 Å². The largest absolute Gasteiger partial charge is 0.148 e. The molecule has 0 heterocycles. The first-order valence-electron chi connectivity index (χ1n) is 2.36. The Labute approximate surface area is 61.5 Å². The molecule has 0 rings (SSSR count). The van der Waals surface area contributed by atoms with Crippen molar-refractivity contribution in [3.63, 3.8) is 0 Å². The van der Waals surface area contributed by atoms with Crippen LogP contribution in [0.15, 0.2) is 22.0 Å². The summed E-state index contributed by atoms with van der Waals surface area (Å²) in [5, 5.41) is 0. The van der Waals surface area contributed by atoms with E-state index in [9.17, 15) is 0 Å². The van der Waals surface area contributed by atoms with Gasteiger partial charge >= 0.3 is 0 Å². The zero-order valence-corrected chi connectivity index (χ0v) is 6.84. The molecule has 0 saturated heterocycles. The fourth-order valence-electron chi connectivity index (χ4n) is 0.241. The van der Waals surface area contributed by atoms with Crippen molar-refractivity contribution in [2.75, 3.05) is 0 Å². The molecule has 0 aliphatic heterocycles. The standard InChI is InChI=1S/C6H10S2/c1-5(7)3-4-6(2)8/h3-4,7-8H,1-2H3. The normalized spacial score (nSPS) is 14.5. The highest BCUT2D eigenvalue weighted by Crippen LogP contribution is 2.01. The maximum atomic E-state index is 4.06. The minimum Gasteiger partial charge on any atom is -0.148 e. The van der Waals surface area contributed by atoms with Gasteiger partial charge in [-0.2, -0.15) is 0 Å². The van der Waals surface area contributed by atoms with Crippen molar-refractivity contribution in [3.8, 4) is 0 Å². The van der Waals surface area contributed by atoms with Gasteiger partial charge in [0.05, 0.1) is 0 Å². The van der Waals surface area contributed by atoms with Gasteiger partial charge in [-0.05, 0) is 23.7 Å². The van der Waals surface area contributed by atoms with Crippen molar-refractivity contribution < 1.29 is 0 Å². The predicted octanol–water partition coefficient (Wildman–Crippen LogP) is 2.65. The fraction of sp³-hybridized carbons (Fsp3) is 0.333. The average Bonchev–Trinajstić information content (AvgIpc) is 1.61. The molecular formula is C6H10S2. The summed E-state index contributed by atoms with van der Waals surface area (Å²) in [6, 6.07) is 0. The molecule has 0 saturated carbocycles. The van der Waals surface area contributed by atoms with Crippen LogP contribution in [0.2, 0.25) is 0 Å². The summed E-state index contributed by atoms with van der Waals surface area (Å²) in [6.45, 7) is 3.85. The lowest BCUT2D eigenvalue weighted by molar-refractivity contribution is 1.63. The number of rotatable bonds is 1. The number of allylic oxidation sites excluding steroid dienone is 4. The van der Waals surface area contributed by atoms with E-state index in [4.69, 9.17) is 0 Å². The molecule has 46 valence electrons. The smallest absolute Gasteiger partial charge is 0.0215 e. The molecular weight excluding hydrogens is 136 g/mol. The molecule has 0 unspecified atom stereocenters. The zero-order valence-electron chi connectivity index (χ0n) is 5.05. The predicted molar refractivity (Wildman–Crippen MR) is 45.5 cm³/mol. The highest BCUT2D eigenvalue weighted by molar-refractivity contribution is 7.84. The molecule has 0 N–H and O–H groups in total. The molecule has 0 aromatic carbocycles. The Bertz CT molecular complexity index is 98.5. The van der Waals surface area contributed by atoms with Crippen molar-refractivity contribution in [1.82, 2.24) is 0 Å². The van der Waals surface area contributed by atoms with E-state index in [0.29, 0.717) is 0 Å². The Kier molecular flexibility index (Phi) is 4.19. The van der Waals surface area contributed by atoms with Crippen molar-refractivity contribution in [2.24, 2.45) is 0 Å². The minimum atomic E-state index is 0.999. The molecule has 0 atom stereocenters. The van der Waals surface area contributed by atoms with Gasteiger partial charge < -0.3 is 0 Å². The van der Waals surface area contributed by atoms with E-state index >= 15 is 0 Å². The second-order valence-electron chi connectivity index (χ2n) is 1.62. The fourth-order valence-corrected chi connectivity index (χ4v) is 0.390. The van der Waals surface area contributed by atoms with Gasteiger partial charge in [0.25, 0.3) is 0 Å². The van der Waals surface area contributed by atoms with Crippen LogP contribution in [0, 0.1) is 0 Å². The topological polar surface area (TPSA) is 0 Å². The number of thiol groups is 2. The molecule has 0 aliphatic carbocycles. The highest BCUT2D eigenvalue weighted by Gasteiger charge is 1.73. The summed E-state index contributed by atoms with van der Waals surface area (Å²) in [5.41, 5.74) is 0. The van der Waals surface area contributed by atoms with Crippen molar-refractivity contribution in [2.45, 2.75) is 13.8 Å². The summed E-state index contributed by atoms with van der Waals surface area (Å²) < 4.78 is 0. The molecule has 0 fully saturated rings. The van der Waals surface area contributed by atoms with E-state index in [2.05, 4.69) is 25.3 Å². The van der Waals surface area contributed by atoms with Crippen molar-refractivity contribution in [3.05, 3.63) is 22.0 Å². The molecule has 0 bridgehead atoms. The van der Waals surface area contributed by atoms with E-state index < -0.39 is 0 Å². The SMILES string of the molecule is CC(S)=CC=C(C)S. The van der Waals surface area contributed by atoms with E-state index in [1.807, 2.05) is 26.0 Å². The quantitative estimate of drug-likeness (QED) is 0.412. The van der Waals surface area contributed by atoms with Crippen LogP contribution >= 0.6 is 25.3 Å². The summed E-state index contributed by atoms with van der Waals surface area (Å²) in [7, 11) is 0. The summed E-state index contributed by atoms with van der Waals surface area (Å²) in [5.74, 6) is 0. The molecule has 0 spiro atoms.